The smallest absolute Gasteiger partial charge is 0.256 e. The van der Waals surface area contributed by atoms with Crippen LogP contribution in [0.25, 0.3) is 16.6 Å². The number of nitriles is 1. The number of aromatic amines is 1. The lowest BCUT2D eigenvalue weighted by Gasteiger charge is -2.31. The Kier molecular flexibility index (Phi) is 5.92. The molecule has 2 heterocycles. The summed E-state index contributed by atoms with van der Waals surface area (Å²) in [5.41, 5.74) is 4.29. The van der Waals surface area contributed by atoms with Gasteiger partial charge in [0.2, 0.25) is 0 Å². The number of pyridine rings is 1. The minimum absolute atomic E-state index is 0.200. The number of fused-ring (bicyclic) bond motifs is 1. The third-order valence-corrected chi connectivity index (χ3v) is 6.32. The normalized spacial score (nSPS) is 18.2. The molecule has 7 heteroatoms. The number of hydrogen-bond donors (Lipinski definition) is 3. The van der Waals surface area contributed by atoms with Crippen LogP contribution in [-0.2, 0) is 6.54 Å². The maximum Gasteiger partial charge on any atom is 0.256 e. The number of aromatic nitrogens is 3. The highest BCUT2D eigenvalue weighted by Gasteiger charge is 2.21. The summed E-state index contributed by atoms with van der Waals surface area (Å²) in [7, 11) is 0. The largest absolute Gasteiger partial charge is 0.382 e. The first-order chi connectivity index (χ1) is 16.2. The SMILES string of the molecule is N#Cc1ccn(-c2cccc(CN[C@H]3CCC[C@H](Nc4ccc5[nH]ncc5c4)C3)c2)c(=O)c1. The number of nitrogens with zero attached hydrogens (tertiary/aromatic N) is 3. The van der Waals surface area contributed by atoms with Crippen molar-refractivity contribution in [2.75, 3.05) is 5.32 Å². The molecule has 2 aromatic heterocycles. The van der Waals surface area contributed by atoms with Crippen LogP contribution in [-0.4, -0.2) is 26.8 Å². The Bertz CT molecular complexity index is 1360. The highest BCUT2D eigenvalue weighted by Crippen LogP contribution is 2.24. The number of nitrogens with one attached hydrogen (secondary N) is 3. The van der Waals surface area contributed by atoms with Gasteiger partial charge in [0.1, 0.15) is 0 Å². The van der Waals surface area contributed by atoms with Crippen molar-refractivity contribution in [1.29, 1.82) is 5.26 Å². The lowest BCUT2D eigenvalue weighted by Crippen LogP contribution is -2.38. The van der Waals surface area contributed by atoms with Gasteiger partial charge in [-0.15, -0.1) is 0 Å². The number of rotatable bonds is 6. The van der Waals surface area contributed by atoms with E-state index in [1.165, 1.54) is 18.9 Å². The summed E-state index contributed by atoms with van der Waals surface area (Å²) in [5, 5.41) is 24.6. The van der Waals surface area contributed by atoms with Gasteiger partial charge in [-0.05, 0) is 67.6 Å². The van der Waals surface area contributed by atoms with Gasteiger partial charge in [0.25, 0.3) is 5.56 Å². The zero-order valence-electron chi connectivity index (χ0n) is 18.3. The van der Waals surface area contributed by atoms with E-state index in [1.54, 1.807) is 16.8 Å². The fourth-order valence-electron chi connectivity index (χ4n) is 4.61. The van der Waals surface area contributed by atoms with E-state index in [-0.39, 0.29) is 5.56 Å². The fourth-order valence-corrected chi connectivity index (χ4v) is 4.61. The predicted octanol–water partition coefficient (Wildman–Crippen LogP) is 4.10. The molecule has 0 amide bonds. The standard InChI is InChI=1S/C26H26N6O/c27-15-18-9-10-32(26(33)12-18)24-6-1-3-19(11-24)16-28-21-4-2-5-22(14-21)30-23-7-8-25-20(13-23)17-29-31-25/h1,3,6-13,17,21-22,28,30H,2,4-5,14,16H2,(H,29,31)/t21-,22-/m0/s1. The monoisotopic (exact) mass is 438 g/mol. The maximum atomic E-state index is 12.3. The molecule has 2 aromatic carbocycles. The highest BCUT2D eigenvalue weighted by atomic mass is 16.1. The Balaban J connectivity index is 1.21. The molecule has 0 aliphatic heterocycles. The molecule has 4 aromatic rings. The van der Waals surface area contributed by atoms with Gasteiger partial charge in [-0.1, -0.05) is 12.1 Å². The molecular weight excluding hydrogens is 412 g/mol. The van der Waals surface area contributed by atoms with Gasteiger partial charge in [0, 0.05) is 47.7 Å². The summed E-state index contributed by atoms with van der Waals surface area (Å²) >= 11 is 0. The van der Waals surface area contributed by atoms with Gasteiger partial charge in [-0.25, -0.2) is 0 Å². The molecule has 0 radical (unpaired) electrons. The van der Waals surface area contributed by atoms with Crippen LogP contribution in [0.15, 0.2) is 71.8 Å². The highest BCUT2D eigenvalue weighted by molar-refractivity contribution is 5.81. The molecule has 0 spiro atoms. The van der Waals surface area contributed by atoms with Crippen molar-refractivity contribution in [3.8, 4) is 11.8 Å². The van der Waals surface area contributed by atoms with Crippen LogP contribution >= 0.6 is 0 Å². The Hall–Kier alpha value is -3.89. The number of anilines is 1. The lowest BCUT2D eigenvalue weighted by atomic mass is 9.90. The Morgan fingerprint density at radius 2 is 2.03 bits per heavy atom. The second kappa shape index (κ2) is 9.31. The lowest BCUT2D eigenvalue weighted by molar-refractivity contribution is 0.350. The van der Waals surface area contributed by atoms with Gasteiger partial charge in [0.15, 0.2) is 0 Å². The van der Waals surface area contributed by atoms with Gasteiger partial charge in [-0.3, -0.25) is 14.5 Å². The molecule has 2 atom stereocenters. The van der Waals surface area contributed by atoms with Crippen molar-refractivity contribution < 1.29 is 0 Å². The van der Waals surface area contributed by atoms with Crippen molar-refractivity contribution in [1.82, 2.24) is 20.1 Å². The average molecular weight is 439 g/mol. The van der Waals surface area contributed by atoms with Crippen molar-refractivity contribution in [2.24, 2.45) is 0 Å². The Labute approximate surface area is 192 Å². The van der Waals surface area contributed by atoms with Crippen LogP contribution < -0.4 is 16.2 Å². The Morgan fingerprint density at radius 1 is 1.12 bits per heavy atom. The van der Waals surface area contributed by atoms with E-state index >= 15 is 0 Å². The van der Waals surface area contributed by atoms with Gasteiger partial charge < -0.3 is 10.6 Å². The van der Waals surface area contributed by atoms with Crippen LogP contribution in [0.3, 0.4) is 0 Å². The summed E-state index contributed by atoms with van der Waals surface area (Å²) in [6, 6.07) is 20.2. The molecule has 0 bridgehead atoms. The first-order valence-corrected chi connectivity index (χ1v) is 11.3. The van der Waals surface area contributed by atoms with E-state index in [1.807, 2.05) is 30.5 Å². The summed E-state index contributed by atoms with van der Waals surface area (Å²) in [5.74, 6) is 0. The molecule has 1 saturated carbocycles. The minimum Gasteiger partial charge on any atom is -0.382 e. The van der Waals surface area contributed by atoms with Crippen LogP contribution in [0.4, 0.5) is 5.69 Å². The van der Waals surface area contributed by atoms with E-state index in [0.29, 0.717) is 17.6 Å². The van der Waals surface area contributed by atoms with E-state index < -0.39 is 0 Å². The summed E-state index contributed by atoms with van der Waals surface area (Å²) in [4.78, 5) is 12.3. The molecule has 0 saturated heterocycles. The van der Waals surface area contributed by atoms with Crippen molar-refractivity contribution in [3.05, 3.63) is 88.5 Å². The summed E-state index contributed by atoms with van der Waals surface area (Å²) in [6.07, 6.45) is 8.09. The number of hydrogen-bond acceptors (Lipinski definition) is 5. The number of H-pyrrole nitrogens is 1. The minimum atomic E-state index is -0.200. The van der Waals surface area contributed by atoms with Crippen LogP contribution in [0, 0.1) is 11.3 Å². The first kappa shape index (κ1) is 21.0. The van der Waals surface area contributed by atoms with Crippen LogP contribution in [0.2, 0.25) is 0 Å². The molecule has 1 aliphatic rings. The summed E-state index contributed by atoms with van der Waals surface area (Å²) in [6.45, 7) is 0.747. The van der Waals surface area contributed by atoms with Crippen LogP contribution in [0.1, 0.15) is 36.8 Å². The zero-order chi connectivity index (χ0) is 22.6. The molecule has 3 N–H and O–H groups in total. The molecule has 7 nitrogen and oxygen atoms in total. The molecule has 1 fully saturated rings. The molecule has 0 unspecified atom stereocenters. The van der Waals surface area contributed by atoms with Gasteiger partial charge in [-0.2, -0.15) is 10.4 Å². The third kappa shape index (κ3) is 4.81. The zero-order valence-corrected chi connectivity index (χ0v) is 18.3. The van der Waals surface area contributed by atoms with Crippen molar-refractivity contribution in [3.63, 3.8) is 0 Å². The van der Waals surface area contributed by atoms with Crippen molar-refractivity contribution >= 4 is 16.6 Å². The molecule has 5 rings (SSSR count). The maximum absolute atomic E-state index is 12.3. The average Bonchev–Trinajstić information content (AvgIpc) is 3.31. The van der Waals surface area contributed by atoms with E-state index in [4.69, 9.17) is 5.26 Å². The van der Waals surface area contributed by atoms with E-state index in [9.17, 15) is 4.79 Å². The molecule has 166 valence electrons. The fraction of sp³-hybridized carbons (Fsp3) is 0.269. The van der Waals surface area contributed by atoms with E-state index in [0.717, 1.165) is 47.2 Å². The van der Waals surface area contributed by atoms with E-state index in [2.05, 4.69) is 45.1 Å². The molecule has 1 aliphatic carbocycles. The second-order valence-corrected chi connectivity index (χ2v) is 8.66. The summed E-state index contributed by atoms with van der Waals surface area (Å²) < 4.78 is 1.57. The van der Waals surface area contributed by atoms with Crippen molar-refractivity contribution in [2.45, 2.75) is 44.3 Å². The molecular formula is C26H26N6O. The number of benzene rings is 2. The first-order valence-electron chi connectivity index (χ1n) is 11.3. The topological polar surface area (TPSA) is 98.5 Å². The second-order valence-electron chi connectivity index (χ2n) is 8.66. The predicted molar refractivity (Wildman–Crippen MR) is 129 cm³/mol. The van der Waals surface area contributed by atoms with Gasteiger partial charge >= 0.3 is 0 Å². The van der Waals surface area contributed by atoms with Crippen LogP contribution in [0.5, 0.6) is 0 Å². The third-order valence-electron chi connectivity index (χ3n) is 6.32. The quantitative estimate of drug-likeness (QED) is 0.421. The van der Waals surface area contributed by atoms with Gasteiger partial charge in [0.05, 0.1) is 23.3 Å². The Morgan fingerprint density at radius 3 is 2.91 bits per heavy atom. The molecule has 33 heavy (non-hydrogen) atoms.